The molecular weight excluding hydrogens is 384 g/mol. The number of nitrogens with zero attached hydrogens (tertiary/aromatic N) is 3. The number of nitrogens with one attached hydrogen (secondary N) is 1. The SMILES string of the molecule is CN(C)S(=O)(=O)c1cccc(-c2csc(N/N=C/c3ccc(O)cc3)n2)c1. The Bertz CT molecular complexity index is 1060. The summed E-state index contributed by atoms with van der Waals surface area (Å²) >= 11 is 1.37. The molecule has 0 aliphatic rings. The van der Waals surface area contributed by atoms with Gasteiger partial charge in [-0.25, -0.2) is 17.7 Å². The molecule has 0 saturated heterocycles. The number of thiazole rings is 1. The van der Waals surface area contributed by atoms with E-state index in [2.05, 4.69) is 15.5 Å². The van der Waals surface area contributed by atoms with E-state index in [9.17, 15) is 13.5 Å². The zero-order valence-electron chi connectivity index (χ0n) is 14.7. The molecule has 140 valence electrons. The maximum atomic E-state index is 12.3. The lowest BCUT2D eigenvalue weighted by molar-refractivity contribution is 0.475. The van der Waals surface area contributed by atoms with E-state index in [0.717, 1.165) is 5.56 Å². The Morgan fingerprint density at radius 1 is 1.19 bits per heavy atom. The van der Waals surface area contributed by atoms with Crippen LogP contribution in [-0.4, -0.2) is 43.1 Å². The average molecular weight is 403 g/mol. The molecule has 0 atom stereocenters. The van der Waals surface area contributed by atoms with Crippen molar-refractivity contribution in [3.05, 3.63) is 59.5 Å². The van der Waals surface area contributed by atoms with Crippen molar-refractivity contribution in [1.29, 1.82) is 0 Å². The van der Waals surface area contributed by atoms with Gasteiger partial charge in [-0.3, -0.25) is 5.43 Å². The van der Waals surface area contributed by atoms with E-state index in [1.54, 1.807) is 48.7 Å². The Kier molecular flexibility index (Phi) is 5.54. The van der Waals surface area contributed by atoms with Crippen molar-refractivity contribution in [2.45, 2.75) is 4.90 Å². The fourth-order valence-electron chi connectivity index (χ4n) is 2.21. The minimum absolute atomic E-state index is 0.197. The molecule has 0 fully saturated rings. The summed E-state index contributed by atoms with van der Waals surface area (Å²) in [4.78, 5) is 4.66. The number of hydrogen-bond acceptors (Lipinski definition) is 7. The van der Waals surface area contributed by atoms with Crippen LogP contribution in [0.1, 0.15) is 5.56 Å². The van der Waals surface area contributed by atoms with Crippen molar-refractivity contribution >= 4 is 32.7 Å². The zero-order chi connectivity index (χ0) is 19.4. The Balaban J connectivity index is 1.75. The fraction of sp³-hybridized carbons (Fsp3) is 0.111. The van der Waals surface area contributed by atoms with Gasteiger partial charge >= 0.3 is 0 Å². The number of sulfonamides is 1. The molecule has 0 spiro atoms. The van der Waals surface area contributed by atoms with Crippen molar-refractivity contribution in [3.63, 3.8) is 0 Å². The molecular formula is C18H18N4O3S2. The van der Waals surface area contributed by atoms with Gasteiger partial charge < -0.3 is 5.11 Å². The summed E-state index contributed by atoms with van der Waals surface area (Å²) in [6, 6.07) is 13.3. The molecule has 0 saturated carbocycles. The number of hydrogen-bond donors (Lipinski definition) is 2. The number of aromatic nitrogens is 1. The van der Waals surface area contributed by atoms with Crippen LogP contribution in [0.4, 0.5) is 5.13 Å². The second kappa shape index (κ2) is 7.87. The summed E-state index contributed by atoms with van der Waals surface area (Å²) in [7, 11) is -0.499. The van der Waals surface area contributed by atoms with Gasteiger partial charge in [0.25, 0.3) is 0 Å². The van der Waals surface area contributed by atoms with E-state index < -0.39 is 10.0 Å². The van der Waals surface area contributed by atoms with Crippen LogP contribution in [0.25, 0.3) is 11.3 Å². The lowest BCUT2D eigenvalue weighted by Crippen LogP contribution is -2.22. The summed E-state index contributed by atoms with van der Waals surface area (Å²) in [6.45, 7) is 0. The molecule has 27 heavy (non-hydrogen) atoms. The third kappa shape index (κ3) is 4.51. The van der Waals surface area contributed by atoms with Crippen molar-refractivity contribution in [2.24, 2.45) is 5.10 Å². The third-order valence-electron chi connectivity index (χ3n) is 3.68. The highest BCUT2D eigenvalue weighted by Crippen LogP contribution is 2.27. The first kappa shape index (κ1) is 19.0. The van der Waals surface area contributed by atoms with Crippen LogP contribution in [0.3, 0.4) is 0 Å². The van der Waals surface area contributed by atoms with Gasteiger partial charge in [0.2, 0.25) is 15.2 Å². The molecule has 9 heteroatoms. The van der Waals surface area contributed by atoms with E-state index in [-0.39, 0.29) is 10.6 Å². The maximum Gasteiger partial charge on any atom is 0.242 e. The van der Waals surface area contributed by atoms with E-state index in [1.165, 1.54) is 29.7 Å². The molecule has 1 aromatic heterocycles. The lowest BCUT2D eigenvalue weighted by Gasteiger charge is -2.11. The van der Waals surface area contributed by atoms with Gasteiger partial charge in [0.1, 0.15) is 5.75 Å². The number of phenols is 1. The number of anilines is 1. The van der Waals surface area contributed by atoms with Crippen molar-refractivity contribution in [1.82, 2.24) is 9.29 Å². The first-order chi connectivity index (χ1) is 12.9. The number of hydrazone groups is 1. The molecule has 0 radical (unpaired) electrons. The Morgan fingerprint density at radius 3 is 2.63 bits per heavy atom. The molecule has 3 aromatic rings. The summed E-state index contributed by atoms with van der Waals surface area (Å²) in [5, 5.41) is 15.8. The van der Waals surface area contributed by atoms with Gasteiger partial charge in [0, 0.05) is 25.0 Å². The fourth-order valence-corrected chi connectivity index (χ4v) is 3.82. The molecule has 0 aliphatic heterocycles. The molecule has 7 nitrogen and oxygen atoms in total. The Labute approximate surface area is 161 Å². The van der Waals surface area contributed by atoms with Gasteiger partial charge in [0.05, 0.1) is 16.8 Å². The van der Waals surface area contributed by atoms with Gasteiger partial charge in [-0.05, 0) is 42.0 Å². The lowest BCUT2D eigenvalue weighted by atomic mass is 10.2. The molecule has 2 aromatic carbocycles. The molecule has 1 heterocycles. The molecule has 0 unspecified atom stereocenters. The minimum atomic E-state index is -3.50. The first-order valence-electron chi connectivity index (χ1n) is 7.93. The van der Waals surface area contributed by atoms with Gasteiger partial charge in [-0.1, -0.05) is 12.1 Å². The van der Waals surface area contributed by atoms with Gasteiger partial charge in [-0.15, -0.1) is 11.3 Å². The predicted molar refractivity (Wildman–Crippen MR) is 108 cm³/mol. The molecule has 0 aliphatic carbocycles. The van der Waals surface area contributed by atoms with Crippen LogP contribution < -0.4 is 5.43 Å². The van der Waals surface area contributed by atoms with Crippen LogP contribution in [0, 0.1) is 0 Å². The summed E-state index contributed by atoms with van der Waals surface area (Å²) < 4.78 is 25.7. The van der Waals surface area contributed by atoms with E-state index in [1.807, 2.05) is 11.4 Å². The van der Waals surface area contributed by atoms with E-state index in [4.69, 9.17) is 0 Å². The normalized spacial score (nSPS) is 12.0. The highest BCUT2D eigenvalue weighted by atomic mass is 32.2. The largest absolute Gasteiger partial charge is 0.508 e. The highest BCUT2D eigenvalue weighted by molar-refractivity contribution is 7.89. The number of rotatable bonds is 6. The number of benzene rings is 2. The Morgan fingerprint density at radius 2 is 1.93 bits per heavy atom. The van der Waals surface area contributed by atoms with Gasteiger partial charge in [0.15, 0.2) is 0 Å². The van der Waals surface area contributed by atoms with Crippen molar-refractivity contribution in [3.8, 4) is 17.0 Å². The minimum Gasteiger partial charge on any atom is -0.508 e. The molecule has 0 amide bonds. The first-order valence-corrected chi connectivity index (χ1v) is 10.2. The molecule has 2 N–H and O–H groups in total. The van der Waals surface area contributed by atoms with Crippen molar-refractivity contribution < 1.29 is 13.5 Å². The molecule has 0 bridgehead atoms. The summed E-state index contributed by atoms with van der Waals surface area (Å²) in [5.41, 5.74) is 5.06. The van der Waals surface area contributed by atoms with E-state index in [0.29, 0.717) is 16.4 Å². The van der Waals surface area contributed by atoms with Crippen molar-refractivity contribution in [2.75, 3.05) is 19.5 Å². The maximum absolute atomic E-state index is 12.3. The zero-order valence-corrected chi connectivity index (χ0v) is 16.3. The van der Waals surface area contributed by atoms with Crippen LogP contribution in [-0.2, 0) is 10.0 Å². The third-order valence-corrected chi connectivity index (χ3v) is 6.24. The predicted octanol–water partition coefficient (Wildman–Crippen LogP) is 3.21. The number of phenolic OH excluding ortho intramolecular Hbond substituents is 1. The smallest absolute Gasteiger partial charge is 0.242 e. The summed E-state index contributed by atoms with van der Waals surface area (Å²) in [6.07, 6.45) is 1.62. The molecule has 3 rings (SSSR count). The monoisotopic (exact) mass is 402 g/mol. The quantitative estimate of drug-likeness (QED) is 0.488. The average Bonchev–Trinajstić information content (AvgIpc) is 3.12. The van der Waals surface area contributed by atoms with E-state index >= 15 is 0 Å². The second-order valence-electron chi connectivity index (χ2n) is 5.81. The second-order valence-corrected chi connectivity index (χ2v) is 8.82. The summed E-state index contributed by atoms with van der Waals surface area (Å²) in [5.74, 6) is 0.197. The van der Waals surface area contributed by atoms with Crippen LogP contribution in [0.2, 0.25) is 0 Å². The number of aromatic hydroxyl groups is 1. The Hall–Kier alpha value is -2.75. The van der Waals surface area contributed by atoms with Crippen LogP contribution >= 0.6 is 11.3 Å². The highest BCUT2D eigenvalue weighted by Gasteiger charge is 2.18. The van der Waals surface area contributed by atoms with Crippen LogP contribution in [0.15, 0.2) is 63.9 Å². The van der Waals surface area contributed by atoms with Gasteiger partial charge in [-0.2, -0.15) is 5.10 Å². The van der Waals surface area contributed by atoms with Crippen LogP contribution in [0.5, 0.6) is 5.75 Å². The standard InChI is InChI=1S/C18H18N4O3S2/c1-22(2)27(24,25)16-5-3-4-14(10-16)17-12-26-18(20-17)21-19-11-13-6-8-15(23)9-7-13/h3-12,23H,1-2H3,(H,20,21)/b19-11+. The topological polar surface area (TPSA) is 94.9 Å².